The molecule has 2 unspecified atom stereocenters. The molecule has 38 heavy (non-hydrogen) atoms. The molecule has 3 aromatic rings. The number of nitrogens with one attached hydrogen (secondary N) is 1. The lowest BCUT2D eigenvalue weighted by atomic mass is 9.99. The molecule has 2 atom stereocenters. The lowest BCUT2D eigenvalue weighted by Crippen LogP contribution is -2.44. The summed E-state index contributed by atoms with van der Waals surface area (Å²) in [7, 11) is -3.81. The number of amides is 1. The zero-order valence-electron chi connectivity index (χ0n) is 22.2. The number of aliphatic hydroxyl groups excluding tert-OH is 1. The van der Waals surface area contributed by atoms with Gasteiger partial charge >= 0.3 is 0 Å². The van der Waals surface area contributed by atoms with E-state index in [4.69, 9.17) is 11.5 Å². The standard InChI is InChI=1S/C29H40N4O4S/c1-21(2)19-33(38(36,37)26-15-13-24(30)14-16-26)25(20-34)11-5-6-17-32-29(35)28(31)18-23-10-7-9-22-8-3-4-12-27(22)23/h3-4,7-10,12-16,21,25,28,34H,5-6,11,17-20,30-31H2,1-2H3,(H,32,35). The van der Waals surface area contributed by atoms with Gasteiger partial charge in [-0.1, -0.05) is 62.7 Å². The lowest BCUT2D eigenvalue weighted by molar-refractivity contribution is -0.122. The van der Waals surface area contributed by atoms with Gasteiger partial charge in [0.1, 0.15) is 0 Å². The van der Waals surface area contributed by atoms with Crippen LogP contribution in [0.2, 0.25) is 0 Å². The number of fused-ring (bicyclic) bond motifs is 1. The number of benzene rings is 3. The molecule has 0 saturated heterocycles. The highest BCUT2D eigenvalue weighted by atomic mass is 32.2. The molecule has 8 nitrogen and oxygen atoms in total. The molecule has 0 fully saturated rings. The summed E-state index contributed by atoms with van der Waals surface area (Å²) in [5, 5.41) is 15.2. The van der Waals surface area contributed by atoms with E-state index in [2.05, 4.69) is 5.32 Å². The molecular formula is C29H40N4O4S. The van der Waals surface area contributed by atoms with Gasteiger partial charge in [-0.25, -0.2) is 8.42 Å². The second-order valence-corrected chi connectivity index (χ2v) is 12.0. The molecule has 3 rings (SSSR count). The first-order valence-electron chi connectivity index (χ1n) is 13.1. The van der Waals surface area contributed by atoms with Crippen molar-refractivity contribution in [2.45, 2.75) is 56.5 Å². The number of anilines is 1. The predicted octanol–water partition coefficient (Wildman–Crippen LogP) is 3.29. The van der Waals surface area contributed by atoms with Gasteiger partial charge in [0, 0.05) is 24.8 Å². The molecule has 0 saturated carbocycles. The van der Waals surface area contributed by atoms with Crippen LogP contribution in [0, 0.1) is 5.92 Å². The molecule has 0 aliphatic heterocycles. The van der Waals surface area contributed by atoms with Crippen LogP contribution in [0.1, 0.15) is 38.7 Å². The number of unbranched alkanes of at least 4 members (excludes halogenated alkanes) is 1. The molecule has 1 amide bonds. The fourth-order valence-electron chi connectivity index (χ4n) is 4.55. The third-order valence-corrected chi connectivity index (χ3v) is 8.50. The molecule has 0 aliphatic carbocycles. The smallest absolute Gasteiger partial charge is 0.243 e. The monoisotopic (exact) mass is 540 g/mol. The van der Waals surface area contributed by atoms with Crippen molar-refractivity contribution in [2.24, 2.45) is 11.7 Å². The Hall–Kier alpha value is -2.98. The summed E-state index contributed by atoms with van der Waals surface area (Å²) in [6.45, 7) is 4.31. The van der Waals surface area contributed by atoms with Crippen LogP contribution in [0.25, 0.3) is 10.8 Å². The van der Waals surface area contributed by atoms with Crippen LogP contribution in [-0.4, -0.2) is 55.5 Å². The van der Waals surface area contributed by atoms with Crippen molar-refractivity contribution in [1.29, 1.82) is 0 Å². The fraction of sp³-hybridized carbons (Fsp3) is 0.414. The number of nitrogen functional groups attached to an aromatic ring is 1. The van der Waals surface area contributed by atoms with Gasteiger partial charge in [-0.15, -0.1) is 0 Å². The van der Waals surface area contributed by atoms with Gasteiger partial charge in [0.05, 0.1) is 17.5 Å². The number of sulfonamides is 1. The van der Waals surface area contributed by atoms with Crippen LogP contribution < -0.4 is 16.8 Å². The quantitative estimate of drug-likeness (QED) is 0.183. The number of carbonyl (C=O) groups is 1. The van der Waals surface area contributed by atoms with Crippen LogP contribution in [0.3, 0.4) is 0 Å². The number of nitrogens with zero attached hydrogens (tertiary/aromatic N) is 1. The third kappa shape index (κ3) is 7.77. The van der Waals surface area contributed by atoms with E-state index in [1.165, 1.54) is 16.4 Å². The first kappa shape index (κ1) is 29.6. The summed E-state index contributed by atoms with van der Waals surface area (Å²) in [6.07, 6.45) is 2.18. The molecule has 9 heteroatoms. The average Bonchev–Trinajstić information content (AvgIpc) is 2.90. The van der Waals surface area contributed by atoms with E-state index in [-0.39, 0.29) is 29.9 Å². The van der Waals surface area contributed by atoms with E-state index in [9.17, 15) is 18.3 Å². The minimum absolute atomic E-state index is 0.0788. The molecule has 0 spiro atoms. The van der Waals surface area contributed by atoms with E-state index >= 15 is 0 Å². The van der Waals surface area contributed by atoms with Crippen molar-refractivity contribution in [3.8, 4) is 0 Å². The van der Waals surface area contributed by atoms with Gasteiger partial charge in [0.2, 0.25) is 15.9 Å². The highest BCUT2D eigenvalue weighted by molar-refractivity contribution is 7.89. The number of rotatable bonds is 14. The van der Waals surface area contributed by atoms with E-state index in [1.807, 2.05) is 56.3 Å². The molecule has 0 aromatic heterocycles. The highest BCUT2D eigenvalue weighted by Gasteiger charge is 2.31. The van der Waals surface area contributed by atoms with Crippen molar-refractivity contribution >= 4 is 32.4 Å². The van der Waals surface area contributed by atoms with Crippen molar-refractivity contribution in [3.63, 3.8) is 0 Å². The first-order chi connectivity index (χ1) is 18.1. The molecular weight excluding hydrogens is 500 g/mol. The summed E-state index contributed by atoms with van der Waals surface area (Å²) < 4.78 is 28.1. The van der Waals surface area contributed by atoms with Crippen molar-refractivity contribution in [3.05, 3.63) is 72.3 Å². The maximum Gasteiger partial charge on any atom is 0.243 e. The van der Waals surface area contributed by atoms with Crippen LogP contribution in [0.15, 0.2) is 71.6 Å². The fourth-order valence-corrected chi connectivity index (χ4v) is 6.36. The van der Waals surface area contributed by atoms with Gasteiger partial charge < -0.3 is 21.9 Å². The normalized spacial score (nSPS) is 13.6. The molecule has 206 valence electrons. The zero-order valence-corrected chi connectivity index (χ0v) is 23.0. The largest absolute Gasteiger partial charge is 0.399 e. The molecule has 0 aliphatic rings. The van der Waals surface area contributed by atoms with E-state index in [1.54, 1.807) is 12.1 Å². The van der Waals surface area contributed by atoms with Gasteiger partial charge in [0.15, 0.2) is 0 Å². The second kappa shape index (κ2) is 13.7. The Morgan fingerprint density at radius 1 is 1.00 bits per heavy atom. The summed E-state index contributed by atoms with van der Waals surface area (Å²) in [6, 6.07) is 18.9. The Bertz CT molecular complexity index is 1290. The number of aliphatic hydroxyl groups is 1. The topological polar surface area (TPSA) is 139 Å². The number of hydrogen-bond acceptors (Lipinski definition) is 6. The minimum Gasteiger partial charge on any atom is -0.399 e. The number of carbonyl (C=O) groups excluding carboxylic acids is 1. The average molecular weight is 541 g/mol. The minimum atomic E-state index is -3.81. The van der Waals surface area contributed by atoms with Gasteiger partial charge in [-0.2, -0.15) is 4.31 Å². The Balaban J connectivity index is 1.53. The number of hydrogen-bond donors (Lipinski definition) is 4. The molecule has 6 N–H and O–H groups in total. The SMILES string of the molecule is CC(C)CN(C(CO)CCCCNC(=O)C(N)Cc1cccc2ccccc12)S(=O)(=O)c1ccc(N)cc1. The van der Waals surface area contributed by atoms with Gasteiger partial charge in [0.25, 0.3) is 0 Å². The molecule has 0 radical (unpaired) electrons. The lowest BCUT2D eigenvalue weighted by Gasteiger charge is -2.31. The van der Waals surface area contributed by atoms with Crippen molar-refractivity contribution in [1.82, 2.24) is 9.62 Å². The Morgan fingerprint density at radius 3 is 2.37 bits per heavy atom. The Morgan fingerprint density at radius 2 is 1.68 bits per heavy atom. The summed E-state index contributed by atoms with van der Waals surface area (Å²) in [5.41, 5.74) is 13.4. The van der Waals surface area contributed by atoms with Crippen LogP contribution in [-0.2, 0) is 21.2 Å². The van der Waals surface area contributed by atoms with Crippen molar-refractivity contribution in [2.75, 3.05) is 25.4 Å². The van der Waals surface area contributed by atoms with Crippen LogP contribution in [0.5, 0.6) is 0 Å². The van der Waals surface area contributed by atoms with Crippen molar-refractivity contribution < 1.29 is 18.3 Å². The Labute approximate surface area is 226 Å². The van der Waals surface area contributed by atoms with E-state index in [0.717, 1.165) is 16.3 Å². The van der Waals surface area contributed by atoms with Gasteiger partial charge in [-0.3, -0.25) is 4.79 Å². The molecule has 0 heterocycles. The predicted molar refractivity (Wildman–Crippen MR) is 153 cm³/mol. The Kier molecular flexibility index (Phi) is 10.7. The molecule has 3 aromatic carbocycles. The zero-order chi connectivity index (χ0) is 27.7. The van der Waals surface area contributed by atoms with Gasteiger partial charge in [-0.05, 0) is 65.8 Å². The summed E-state index contributed by atoms with van der Waals surface area (Å²) >= 11 is 0. The maximum atomic E-state index is 13.4. The summed E-state index contributed by atoms with van der Waals surface area (Å²) in [4.78, 5) is 12.8. The first-order valence-corrected chi connectivity index (χ1v) is 14.6. The second-order valence-electron chi connectivity index (χ2n) is 10.1. The maximum absolute atomic E-state index is 13.4. The van der Waals surface area contributed by atoms with Crippen LogP contribution in [0.4, 0.5) is 5.69 Å². The summed E-state index contributed by atoms with van der Waals surface area (Å²) in [5.74, 6) is -0.140. The molecule has 0 bridgehead atoms. The van der Waals surface area contributed by atoms with E-state index in [0.29, 0.717) is 37.9 Å². The highest BCUT2D eigenvalue weighted by Crippen LogP contribution is 2.23. The van der Waals surface area contributed by atoms with E-state index < -0.39 is 22.1 Å². The number of nitrogens with two attached hydrogens (primary N) is 2. The van der Waals surface area contributed by atoms with Crippen LogP contribution >= 0.6 is 0 Å². The third-order valence-electron chi connectivity index (χ3n) is 6.57.